The first-order valence-electron chi connectivity index (χ1n) is 13.3. The molecule has 2 aliphatic carbocycles. The molecular weight excluding hydrogens is 414 g/mol. The summed E-state index contributed by atoms with van der Waals surface area (Å²) < 4.78 is 35.6. The molecule has 2 unspecified atom stereocenters. The van der Waals surface area contributed by atoms with E-state index in [4.69, 9.17) is 4.74 Å². The Morgan fingerprint density at radius 2 is 1.73 bits per heavy atom. The van der Waals surface area contributed by atoms with Crippen molar-refractivity contribution >= 4 is 10.8 Å². The summed E-state index contributed by atoms with van der Waals surface area (Å²) in [5.74, 6) is 2.54. The van der Waals surface area contributed by atoms with Crippen LogP contribution in [0.15, 0.2) is 36.4 Å². The van der Waals surface area contributed by atoms with E-state index < -0.39 is 0 Å². The number of allylic oxidation sites excluding steroid dienone is 1. The molecule has 33 heavy (non-hydrogen) atoms. The molecular formula is C30H40F2O. The minimum atomic E-state index is -0.332. The molecule has 2 aromatic rings. The Hall–Kier alpha value is -1.90. The molecule has 0 radical (unpaired) electrons. The number of unbranched alkanes of at least 4 members (excludes halogenated alkanes) is 3. The lowest BCUT2D eigenvalue weighted by Crippen LogP contribution is -2.30. The molecule has 2 aliphatic rings. The van der Waals surface area contributed by atoms with Crippen LogP contribution in [0.25, 0.3) is 10.8 Å². The van der Waals surface area contributed by atoms with Crippen molar-refractivity contribution in [3.8, 4) is 5.75 Å². The lowest BCUT2D eigenvalue weighted by molar-refractivity contribution is 0.112. The zero-order valence-electron chi connectivity index (χ0n) is 20.4. The number of ether oxygens (including phenoxy) is 1. The van der Waals surface area contributed by atoms with Crippen LogP contribution in [0.3, 0.4) is 0 Å². The van der Waals surface area contributed by atoms with E-state index in [-0.39, 0.29) is 17.6 Å². The van der Waals surface area contributed by atoms with Gasteiger partial charge in [0.15, 0.2) is 0 Å². The molecule has 180 valence electrons. The summed E-state index contributed by atoms with van der Waals surface area (Å²) >= 11 is 0. The lowest BCUT2D eigenvalue weighted by atomic mass is 9.63. The molecule has 1 nitrogen and oxygen atoms in total. The van der Waals surface area contributed by atoms with Gasteiger partial charge in [-0.15, -0.1) is 0 Å². The highest BCUT2D eigenvalue weighted by atomic mass is 19.1. The second-order valence-electron chi connectivity index (χ2n) is 10.4. The van der Waals surface area contributed by atoms with Gasteiger partial charge in [-0.05, 0) is 91.8 Å². The van der Waals surface area contributed by atoms with Crippen LogP contribution in [0.5, 0.6) is 5.75 Å². The van der Waals surface area contributed by atoms with Gasteiger partial charge in [-0.1, -0.05) is 57.6 Å². The maximum absolute atomic E-state index is 15.2. The fourth-order valence-corrected chi connectivity index (χ4v) is 6.36. The number of fused-ring (bicyclic) bond motifs is 2. The van der Waals surface area contributed by atoms with Crippen molar-refractivity contribution < 1.29 is 13.5 Å². The fourth-order valence-electron chi connectivity index (χ4n) is 6.36. The van der Waals surface area contributed by atoms with Crippen molar-refractivity contribution in [2.24, 2.45) is 17.8 Å². The fraction of sp³-hybridized carbons (Fsp3) is 0.600. The van der Waals surface area contributed by atoms with Crippen molar-refractivity contribution in [1.82, 2.24) is 0 Å². The highest BCUT2D eigenvalue weighted by Crippen LogP contribution is 2.49. The van der Waals surface area contributed by atoms with Crippen LogP contribution >= 0.6 is 0 Å². The second kappa shape index (κ2) is 11.5. The Morgan fingerprint density at radius 3 is 2.55 bits per heavy atom. The summed E-state index contributed by atoms with van der Waals surface area (Å²) in [5.41, 5.74) is 0.712. The third-order valence-electron chi connectivity index (χ3n) is 8.20. The van der Waals surface area contributed by atoms with Crippen LogP contribution in [0, 0.1) is 29.4 Å². The predicted molar refractivity (Wildman–Crippen MR) is 134 cm³/mol. The van der Waals surface area contributed by atoms with E-state index in [1.165, 1.54) is 69.9 Å². The van der Waals surface area contributed by atoms with Crippen LogP contribution in [0.2, 0.25) is 0 Å². The van der Waals surface area contributed by atoms with Gasteiger partial charge in [0, 0.05) is 11.5 Å². The van der Waals surface area contributed by atoms with Crippen molar-refractivity contribution in [1.29, 1.82) is 0 Å². The van der Waals surface area contributed by atoms with Crippen LogP contribution < -0.4 is 4.74 Å². The van der Waals surface area contributed by atoms with Gasteiger partial charge >= 0.3 is 0 Å². The van der Waals surface area contributed by atoms with Gasteiger partial charge in [0.25, 0.3) is 0 Å². The Morgan fingerprint density at radius 1 is 0.909 bits per heavy atom. The summed E-state index contributed by atoms with van der Waals surface area (Å²) in [4.78, 5) is 0. The maximum Gasteiger partial charge on any atom is 0.134 e. The molecule has 4 rings (SSSR count). The first-order valence-corrected chi connectivity index (χ1v) is 13.3. The second-order valence-corrected chi connectivity index (χ2v) is 10.4. The van der Waals surface area contributed by atoms with Crippen LogP contribution in [0.4, 0.5) is 8.78 Å². The van der Waals surface area contributed by atoms with E-state index in [0.29, 0.717) is 34.6 Å². The highest BCUT2D eigenvalue weighted by Gasteiger charge is 2.36. The number of hydrogen-bond donors (Lipinski definition) is 0. The number of benzene rings is 2. The number of rotatable bonds is 9. The zero-order chi connectivity index (χ0) is 23.2. The highest BCUT2D eigenvalue weighted by molar-refractivity contribution is 5.85. The molecule has 0 spiro atoms. The van der Waals surface area contributed by atoms with E-state index in [2.05, 4.69) is 6.92 Å². The molecule has 2 fully saturated rings. The molecule has 0 amide bonds. The van der Waals surface area contributed by atoms with E-state index in [0.717, 1.165) is 24.7 Å². The quantitative estimate of drug-likeness (QED) is 0.271. The van der Waals surface area contributed by atoms with Gasteiger partial charge in [0.05, 0.1) is 0 Å². The van der Waals surface area contributed by atoms with Crippen LogP contribution in [0.1, 0.15) is 96.0 Å². The molecule has 0 aliphatic heterocycles. The minimum Gasteiger partial charge on any atom is -0.489 e. The smallest absolute Gasteiger partial charge is 0.134 e. The molecule has 3 heteroatoms. The topological polar surface area (TPSA) is 9.23 Å². The Bertz CT molecular complexity index is 950. The standard InChI is InChI=1S/C30H40F2O/c1-3-5-7-8-9-21-10-11-23-16-24(13-12-22(23)15-21)27-20-28-25(18-29(27)31)17-26(19-30(28)32)33-14-6-4-2/h4,6,17-24H,3,5,7-16H2,1-2H3/b6-4+/t21?,22-,23?,24-/m1/s1. The molecule has 0 aromatic heterocycles. The monoisotopic (exact) mass is 454 g/mol. The van der Waals surface area contributed by atoms with Crippen molar-refractivity contribution in [2.45, 2.75) is 90.4 Å². The minimum absolute atomic E-state index is 0.194. The summed E-state index contributed by atoms with van der Waals surface area (Å²) in [6.45, 7) is 4.57. The summed E-state index contributed by atoms with van der Waals surface area (Å²) in [6, 6.07) is 6.45. The Kier molecular flexibility index (Phi) is 8.44. The van der Waals surface area contributed by atoms with Gasteiger partial charge in [0.2, 0.25) is 0 Å². The Labute approximate surface area is 198 Å². The van der Waals surface area contributed by atoms with E-state index in [1.54, 1.807) is 12.1 Å². The van der Waals surface area contributed by atoms with Gasteiger partial charge in [-0.25, -0.2) is 8.78 Å². The van der Waals surface area contributed by atoms with Gasteiger partial charge < -0.3 is 4.74 Å². The van der Waals surface area contributed by atoms with E-state index >= 15 is 4.39 Å². The van der Waals surface area contributed by atoms with E-state index in [1.807, 2.05) is 19.1 Å². The van der Waals surface area contributed by atoms with Crippen molar-refractivity contribution in [2.75, 3.05) is 6.61 Å². The molecule has 0 saturated heterocycles. The van der Waals surface area contributed by atoms with Crippen molar-refractivity contribution in [3.05, 3.63) is 53.6 Å². The maximum atomic E-state index is 15.2. The average Bonchev–Trinajstić information content (AvgIpc) is 2.81. The van der Waals surface area contributed by atoms with Crippen LogP contribution in [-0.4, -0.2) is 6.61 Å². The molecule has 0 bridgehead atoms. The third kappa shape index (κ3) is 5.97. The molecule has 2 saturated carbocycles. The third-order valence-corrected chi connectivity index (χ3v) is 8.20. The largest absolute Gasteiger partial charge is 0.489 e. The zero-order valence-corrected chi connectivity index (χ0v) is 20.4. The molecule has 2 aromatic carbocycles. The number of halogens is 2. The summed E-state index contributed by atoms with van der Waals surface area (Å²) in [6.07, 6.45) is 17.8. The first kappa shape index (κ1) is 24.2. The van der Waals surface area contributed by atoms with Gasteiger partial charge in [-0.2, -0.15) is 0 Å². The van der Waals surface area contributed by atoms with Gasteiger partial charge in [0.1, 0.15) is 24.0 Å². The average molecular weight is 455 g/mol. The SMILES string of the molecule is C/C=C/COc1cc(F)c2cc([C@@H]3CC[C@@H]4CC(CCCCCC)CCC4C3)c(F)cc2c1. The van der Waals surface area contributed by atoms with Crippen LogP contribution in [-0.2, 0) is 0 Å². The van der Waals surface area contributed by atoms with Crippen molar-refractivity contribution in [3.63, 3.8) is 0 Å². The lowest BCUT2D eigenvalue weighted by Gasteiger charge is -2.42. The first-order chi connectivity index (χ1) is 16.1. The predicted octanol–water partition coefficient (Wildman–Crippen LogP) is 9.34. The number of hydrogen-bond acceptors (Lipinski definition) is 1. The molecule has 0 N–H and O–H groups in total. The normalized spacial score (nSPS) is 25.5. The molecule has 0 heterocycles. The summed E-state index contributed by atoms with van der Waals surface area (Å²) in [5, 5.41) is 1.08. The Balaban J connectivity index is 1.42. The van der Waals surface area contributed by atoms with Gasteiger partial charge in [-0.3, -0.25) is 0 Å². The molecule has 4 atom stereocenters. The summed E-state index contributed by atoms with van der Waals surface area (Å²) in [7, 11) is 0. The van der Waals surface area contributed by atoms with E-state index in [9.17, 15) is 4.39 Å².